The van der Waals surface area contributed by atoms with Gasteiger partial charge >= 0.3 is 17.1 Å². The monoisotopic (exact) mass is 131 g/mol. The summed E-state index contributed by atoms with van der Waals surface area (Å²) in [5.74, 6) is 0. The number of rotatable bonds is 0. The summed E-state index contributed by atoms with van der Waals surface area (Å²) >= 11 is 0. The van der Waals surface area contributed by atoms with E-state index in [0.29, 0.717) is 0 Å². The summed E-state index contributed by atoms with van der Waals surface area (Å²) in [7, 11) is 0. The van der Waals surface area contributed by atoms with Crippen molar-refractivity contribution in [2.24, 2.45) is 0 Å². The minimum absolute atomic E-state index is 0. The molecule has 0 aliphatic carbocycles. The fraction of sp³-hybridized carbons (Fsp3) is 0. The molecule has 0 heterocycles. The normalized spacial score (nSPS) is 0. The van der Waals surface area contributed by atoms with Gasteiger partial charge in [-0.15, -0.1) is 0 Å². The maximum atomic E-state index is 0. The van der Waals surface area contributed by atoms with Crippen LogP contribution in [-0.4, -0.2) is 5.48 Å². The Kier molecular flexibility index (Phi) is 166000. The van der Waals surface area contributed by atoms with E-state index in [4.69, 9.17) is 0 Å². The molecule has 0 saturated carbocycles. The molecule has 0 aromatic rings. The van der Waals surface area contributed by atoms with Gasteiger partial charge in [0.25, 0.3) is 0 Å². The number of hydrogen-bond acceptors (Lipinski definition) is 0. The first-order valence-electron chi connectivity index (χ1n) is 0. The first kappa shape index (κ1) is 1320. The molecule has 0 rings (SSSR count). The summed E-state index contributed by atoms with van der Waals surface area (Å²) in [5, 5.41) is 0. The van der Waals surface area contributed by atoms with Crippen LogP contribution < -0.4 is 14.1 Å². The zero-order chi connectivity index (χ0) is 0. The maximum absolute atomic E-state index is 0. The van der Waals surface area contributed by atoms with Gasteiger partial charge in [-0.2, -0.15) is 0 Å². The molecule has 0 amide bonds. The van der Waals surface area contributed by atoms with Gasteiger partial charge in [-0.05, 0) is 0 Å². The summed E-state index contributed by atoms with van der Waals surface area (Å²) in [4.78, 5) is 0. The van der Waals surface area contributed by atoms with Gasteiger partial charge in [0.05, 0.1) is 0 Å². The molecule has 37 valence electrons. The number of hydrogen-bond donors (Lipinski definition) is 0. The molecule has 0 atom stereocenters. The quantitative estimate of drug-likeness (QED) is 0.292. The van der Waals surface area contributed by atoms with Crippen molar-refractivity contribution in [3.63, 3.8) is 0 Å². The summed E-state index contributed by atoms with van der Waals surface area (Å²) in [6, 6.07) is 0. The molecule has 0 bridgehead atoms. The largest absolute Gasteiger partial charge is 3.00 e. The van der Waals surface area contributed by atoms with Gasteiger partial charge in [0.2, 0.25) is 0 Å². The molecular formula is H2F3FeO. The van der Waals surface area contributed by atoms with Gasteiger partial charge in [-0.3, -0.25) is 0 Å². The molecule has 0 unspecified atom stereocenters. The van der Waals surface area contributed by atoms with E-state index in [9.17, 15) is 0 Å². The third-order valence-electron chi connectivity index (χ3n) is 0. The Morgan fingerprint density at radius 2 is 0.600 bits per heavy atom. The summed E-state index contributed by atoms with van der Waals surface area (Å²) in [5.41, 5.74) is 0. The zero-order valence-corrected chi connectivity index (χ0v) is 3.09. The fourth-order valence-corrected chi connectivity index (χ4v) is 0. The van der Waals surface area contributed by atoms with Crippen molar-refractivity contribution in [1.82, 2.24) is 0 Å². The Morgan fingerprint density at radius 3 is 0.600 bits per heavy atom. The maximum Gasteiger partial charge on any atom is 3.00 e. The third kappa shape index (κ3) is 303. The molecular weight excluding hydrogens is 129 g/mol. The molecule has 5 heteroatoms. The van der Waals surface area contributed by atoms with Gasteiger partial charge < -0.3 is 19.6 Å². The Balaban J connectivity index is 0. The summed E-state index contributed by atoms with van der Waals surface area (Å²) in [6.07, 6.45) is 0. The summed E-state index contributed by atoms with van der Waals surface area (Å²) in [6.45, 7) is 0. The molecule has 2 N–H and O–H groups in total. The third-order valence-corrected chi connectivity index (χ3v) is 0. The Hall–Kier alpha value is 0.269. The van der Waals surface area contributed by atoms with Crippen LogP contribution >= 0.6 is 0 Å². The van der Waals surface area contributed by atoms with Crippen LogP contribution in [0, 0.1) is 0 Å². The van der Waals surface area contributed by atoms with Crippen LogP contribution in [0.3, 0.4) is 0 Å². The molecule has 0 aliphatic rings. The van der Waals surface area contributed by atoms with E-state index < -0.39 is 0 Å². The Labute approximate surface area is 37.6 Å². The van der Waals surface area contributed by atoms with E-state index in [1.807, 2.05) is 0 Å². The van der Waals surface area contributed by atoms with E-state index >= 15 is 0 Å². The van der Waals surface area contributed by atoms with Crippen LogP contribution in [0.25, 0.3) is 0 Å². The SMILES string of the molecule is O.[F-].[F-].[F-].[Fe+3]. The number of halogens is 3. The first-order chi connectivity index (χ1) is 0. The predicted molar refractivity (Wildman–Crippen MR) is 3.61 cm³/mol. The van der Waals surface area contributed by atoms with Gasteiger partial charge in [-0.1, -0.05) is 0 Å². The van der Waals surface area contributed by atoms with Crippen molar-refractivity contribution < 1.29 is 36.7 Å². The molecule has 0 spiro atoms. The van der Waals surface area contributed by atoms with Crippen molar-refractivity contribution in [2.75, 3.05) is 0 Å². The standard InChI is InChI=1S/3FH.Fe.H2O/h3*1H;;1H2/q;;;+3;/p-3. The van der Waals surface area contributed by atoms with Crippen LogP contribution in [0.2, 0.25) is 0 Å². The molecule has 1 nitrogen and oxygen atoms in total. The molecule has 0 aromatic carbocycles. The minimum Gasteiger partial charge on any atom is -1.00 e. The van der Waals surface area contributed by atoms with Crippen molar-refractivity contribution in [1.29, 1.82) is 0 Å². The first-order valence-corrected chi connectivity index (χ1v) is 0. The smallest absolute Gasteiger partial charge is 1.00 e. The second kappa shape index (κ2) is 628. The van der Waals surface area contributed by atoms with Crippen molar-refractivity contribution in [2.45, 2.75) is 0 Å². The fourth-order valence-electron chi connectivity index (χ4n) is 0. The van der Waals surface area contributed by atoms with E-state index in [2.05, 4.69) is 0 Å². The van der Waals surface area contributed by atoms with Crippen LogP contribution in [0.4, 0.5) is 0 Å². The molecule has 1 radical (unpaired) electrons. The van der Waals surface area contributed by atoms with E-state index in [-0.39, 0.29) is 36.7 Å². The summed E-state index contributed by atoms with van der Waals surface area (Å²) < 4.78 is 0. The molecule has 0 fully saturated rings. The molecule has 0 saturated heterocycles. The van der Waals surface area contributed by atoms with Crippen molar-refractivity contribution in [3.05, 3.63) is 0 Å². The second-order valence-corrected chi connectivity index (χ2v) is 0. The molecule has 5 heavy (non-hydrogen) atoms. The average Bonchev–Trinajstić information content (AvgIpc) is 0. The molecule has 0 aliphatic heterocycles. The van der Waals surface area contributed by atoms with Crippen LogP contribution in [0.15, 0.2) is 0 Å². The van der Waals surface area contributed by atoms with Crippen LogP contribution in [-0.2, 0) is 17.1 Å². The van der Waals surface area contributed by atoms with Gasteiger partial charge in [0, 0.05) is 0 Å². The Bertz CT molecular complexity index is 6.85. The van der Waals surface area contributed by atoms with E-state index in [1.54, 1.807) is 0 Å². The van der Waals surface area contributed by atoms with Crippen LogP contribution in [0.1, 0.15) is 0 Å². The van der Waals surface area contributed by atoms with Gasteiger partial charge in [-0.25, -0.2) is 0 Å². The minimum atomic E-state index is 0. The topological polar surface area (TPSA) is 31.5 Å². The van der Waals surface area contributed by atoms with Gasteiger partial charge in [0.15, 0.2) is 0 Å². The predicted octanol–water partition coefficient (Wildman–Crippen LogP) is -9.82. The van der Waals surface area contributed by atoms with E-state index in [1.165, 1.54) is 0 Å². The van der Waals surface area contributed by atoms with E-state index in [0.717, 1.165) is 0 Å². The van der Waals surface area contributed by atoms with Crippen molar-refractivity contribution in [3.8, 4) is 0 Å². The van der Waals surface area contributed by atoms with Crippen LogP contribution in [0.5, 0.6) is 0 Å². The average molecular weight is 131 g/mol. The van der Waals surface area contributed by atoms with Gasteiger partial charge in [0.1, 0.15) is 0 Å². The molecule has 0 aromatic heterocycles. The Morgan fingerprint density at radius 1 is 0.600 bits per heavy atom. The second-order valence-electron chi connectivity index (χ2n) is 0. The van der Waals surface area contributed by atoms with Crippen molar-refractivity contribution >= 4 is 0 Å². The zero-order valence-electron chi connectivity index (χ0n) is 1.99.